The van der Waals surface area contributed by atoms with E-state index in [2.05, 4.69) is 4.98 Å². The number of aromatic nitrogens is 1. The van der Waals surface area contributed by atoms with Crippen molar-refractivity contribution in [2.75, 3.05) is 0 Å². The van der Waals surface area contributed by atoms with E-state index >= 15 is 0 Å². The third-order valence-corrected chi connectivity index (χ3v) is 3.01. The molecular formula is C14H14ClFN2O. The summed E-state index contributed by atoms with van der Waals surface area (Å²) in [5.74, 6) is -0.0754. The van der Waals surface area contributed by atoms with Crippen LogP contribution in [-0.4, -0.2) is 4.98 Å². The number of pyridine rings is 1. The Kier molecular flexibility index (Phi) is 4.35. The number of ether oxygens (including phenoxy) is 1. The topological polar surface area (TPSA) is 48.1 Å². The van der Waals surface area contributed by atoms with Gasteiger partial charge in [0, 0.05) is 6.04 Å². The molecule has 2 aromatic rings. The monoisotopic (exact) mass is 280 g/mol. The van der Waals surface area contributed by atoms with E-state index in [1.165, 1.54) is 18.3 Å². The lowest BCUT2D eigenvalue weighted by atomic mass is 10.1. The maximum atomic E-state index is 13.7. The maximum absolute atomic E-state index is 13.7. The first-order valence-electron chi connectivity index (χ1n) is 5.95. The van der Waals surface area contributed by atoms with E-state index in [-0.39, 0.29) is 16.8 Å². The average molecular weight is 281 g/mol. The molecule has 0 spiro atoms. The van der Waals surface area contributed by atoms with Crippen molar-refractivity contribution in [3.8, 4) is 11.5 Å². The Bertz CT molecular complexity index is 560. The van der Waals surface area contributed by atoms with Crippen molar-refractivity contribution in [3.05, 3.63) is 53.1 Å². The van der Waals surface area contributed by atoms with E-state index in [1.54, 1.807) is 18.2 Å². The Hall–Kier alpha value is -1.65. The largest absolute Gasteiger partial charge is 0.453 e. The van der Waals surface area contributed by atoms with Crippen molar-refractivity contribution >= 4 is 11.6 Å². The van der Waals surface area contributed by atoms with Crippen molar-refractivity contribution in [1.82, 2.24) is 4.98 Å². The third-order valence-electron chi connectivity index (χ3n) is 2.72. The molecular weight excluding hydrogens is 267 g/mol. The molecule has 0 amide bonds. The van der Waals surface area contributed by atoms with E-state index in [0.717, 1.165) is 12.1 Å². The standard InChI is InChI=1S/C14H14ClFN2O/c1-2-11(17)12-7-6-9(8-18-12)19-13-5-3-4-10(15)14(13)16/h3-8,11H,2,17H2,1H3. The zero-order valence-corrected chi connectivity index (χ0v) is 11.2. The highest BCUT2D eigenvalue weighted by atomic mass is 35.5. The highest BCUT2D eigenvalue weighted by Crippen LogP contribution is 2.28. The van der Waals surface area contributed by atoms with Crippen molar-refractivity contribution in [3.63, 3.8) is 0 Å². The van der Waals surface area contributed by atoms with Crippen LogP contribution in [0.15, 0.2) is 36.5 Å². The van der Waals surface area contributed by atoms with E-state index in [0.29, 0.717) is 5.75 Å². The first-order valence-corrected chi connectivity index (χ1v) is 6.33. The van der Waals surface area contributed by atoms with E-state index in [9.17, 15) is 4.39 Å². The number of nitrogens with zero attached hydrogens (tertiary/aromatic N) is 1. The van der Waals surface area contributed by atoms with Crippen LogP contribution in [0, 0.1) is 5.82 Å². The Morgan fingerprint density at radius 1 is 1.37 bits per heavy atom. The summed E-state index contributed by atoms with van der Waals surface area (Å²) in [4.78, 5) is 4.19. The molecule has 1 unspecified atom stereocenters. The first-order chi connectivity index (χ1) is 9.11. The molecule has 1 aromatic heterocycles. The van der Waals surface area contributed by atoms with Crippen molar-refractivity contribution in [2.24, 2.45) is 5.73 Å². The fourth-order valence-corrected chi connectivity index (χ4v) is 1.74. The van der Waals surface area contributed by atoms with Gasteiger partial charge in [0.2, 0.25) is 0 Å². The predicted octanol–water partition coefficient (Wildman–Crippen LogP) is 4.08. The van der Waals surface area contributed by atoms with E-state index < -0.39 is 5.82 Å². The number of benzene rings is 1. The van der Waals surface area contributed by atoms with Gasteiger partial charge in [0.25, 0.3) is 0 Å². The molecule has 0 aliphatic carbocycles. The first kappa shape index (κ1) is 13.8. The van der Waals surface area contributed by atoms with Gasteiger partial charge in [-0.05, 0) is 30.7 Å². The van der Waals surface area contributed by atoms with E-state index in [1.807, 2.05) is 6.92 Å². The highest BCUT2D eigenvalue weighted by molar-refractivity contribution is 6.30. The molecule has 0 fully saturated rings. The van der Waals surface area contributed by atoms with Crippen molar-refractivity contribution < 1.29 is 9.13 Å². The SMILES string of the molecule is CCC(N)c1ccc(Oc2cccc(Cl)c2F)cn1. The molecule has 5 heteroatoms. The Morgan fingerprint density at radius 2 is 2.16 bits per heavy atom. The lowest BCUT2D eigenvalue weighted by Crippen LogP contribution is -2.10. The summed E-state index contributed by atoms with van der Waals surface area (Å²) in [6.07, 6.45) is 2.32. The molecule has 0 bridgehead atoms. The summed E-state index contributed by atoms with van der Waals surface area (Å²) in [5.41, 5.74) is 6.64. The summed E-state index contributed by atoms with van der Waals surface area (Å²) in [7, 11) is 0. The van der Waals surface area contributed by atoms with Crippen LogP contribution < -0.4 is 10.5 Å². The molecule has 0 radical (unpaired) electrons. The molecule has 0 aliphatic rings. The van der Waals surface area contributed by atoms with Crippen molar-refractivity contribution in [1.29, 1.82) is 0 Å². The van der Waals surface area contributed by atoms with Crippen LogP contribution in [0.25, 0.3) is 0 Å². The second-order valence-electron chi connectivity index (χ2n) is 4.09. The molecule has 0 saturated carbocycles. The van der Waals surface area contributed by atoms with Gasteiger partial charge >= 0.3 is 0 Å². The second kappa shape index (κ2) is 5.99. The Balaban J connectivity index is 2.18. The minimum atomic E-state index is -0.585. The number of rotatable bonds is 4. The van der Waals surface area contributed by atoms with Gasteiger partial charge in [0.1, 0.15) is 5.75 Å². The van der Waals surface area contributed by atoms with E-state index in [4.69, 9.17) is 22.1 Å². The van der Waals surface area contributed by atoms with Crippen LogP contribution in [-0.2, 0) is 0 Å². The van der Waals surface area contributed by atoms with Gasteiger partial charge in [-0.25, -0.2) is 4.39 Å². The Labute approximate surface area is 116 Å². The summed E-state index contributed by atoms with van der Waals surface area (Å²) in [5, 5.41) is 0.0232. The lowest BCUT2D eigenvalue weighted by molar-refractivity contribution is 0.440. The Morgan fingerprint density at radius 3 is 2.79 bits per heavy atom. The lowest BCUT2D eigenvalue weighted by Gasteiger charge is -2.10. The van der Waals surface area contributed by atoms with Gasteiger partial charge in [0.15, 0.2) is 11.6 Å². The van der Waals surface area contributed by atoms with Gasteiger partial charge in [-0.1, -0.05) is 24.6 Å². The quantitative estimate of drug-likeness (QED) is 0.918. The molecule has 0 saturated heterocycles. The summed E-state index contributed by atoms with van der Waals surface area (Å²) >= 11 is 5.68. The minimum absolute atomic E-state index is 0.0232. The summed E-state index contributed by atoms with van der Waals surface area (Å²) < 4.78 is 19.0. The van der Waals surface area contributed by atoms with Crippen LogP contribution >= 0.6 is 11.6 Å². The maximum Gasteiger partial charge on any atom is 0.184 e. The molecule has 3 nitrogen and oxygen atoms in total. The molecule has 2 N–H and O–H groups in total. The fraction of sp³-hybridized carbons (Fsp3) is 0.214. The van der Waals surface area contributed by atoms with Gasteiger partial charge < -0.3 is 10.5 Å². The molecule has 19 heavy (non-hydrogen) atoms. The zero-order chi connectivity index (χ0) is 13.8. The van der Waals surface area contributed by atoms with Gasteiger partial charge in [-0.15, -0.1) is 0 Å². The van der Waals surface area contributed by atoms with Crippen LogP contribution in [0.4, 0.5) is 4.39 Å². The van der Waals surface area contributed by atoms with Crippen LogP contribution in [0.5, 0.6) is 11.5 Å². The van der Waals surface area contributed by atoms with Crippen molar-refractivity contribution in [2.45, 2.75) is 19.4 Å². The molecule has 1 atom stereocenters. The van der Waals surface area contributed by atoms with Crippen LogP contribution in [0.1, 0.15) is 25.1 Å². The number of halogens is 2. The minimum Gasteiger partial charge on any atom is -0.453 e. The molecule has 1 aromatic carbocycles. The highest BCUT2D eigenvalue weighted by Gasteiger charge is 2.09. The van der Waals surface area contributed by atoms with Crippen LogP contribution in [0.2, 0.25) is 5.02 Å². The third kappa shape index (κ3) is 3.22. The molecule has 1 heterocycles. The smallest absolute Gasteiger partial charge is 0.184 e. The fourth-order valence-electron chi connectivity index (χ4n) is 1.57. The molecule has 100 valence electrons. The van der Waals surface area contributed by atoms with Gasteiger partial charge in [-0.3, -0.25) is 4.98 Å². The molecule has 0 aliphatic heterocycles. The average Bonchev–Trinajstić information content (AvgIpc) is 2.44. The van der Waals surface area contributed by atoms with Gasteiger partial charge in [0.05, 0.1) is 16.9 Å². The summed E-state index contributed by atoms with van der Waals surface area (Å²) in [6.45, 7) is 1.98. The number of hydrogen-bond donors (Lipinski definition) is 1. The summed E-state index contributed by atoms with van der Waals surface area (Å²) in [6, 6.07) is 7.97. The normalized spacial score (nSPS) is 12.2. The van der Waals surface area contributed by atoms with Gasteiger partial charge in [-0.2, -0.15) is 0 Å². The zero-order valence-electron chi connectivity index (χ0n) is 10.4. The number of hydrogen-bond acceptors (Lipinski definition) is 3. The predicted molar refractivity (Wildman–Crippen MR) is 72.9 cm³/mol. The van der Waals surface area contributed by atoms with Crippen LogP contribution in [0.3, 0.4) is 0 Å². The number of nitrogens with two attached hydrogens (primary N) is 1. The molecule has 2 rings (SSSR count). The second-order valence-corrected chi connectivity index (χ2v) is 4.49.